The zero-order chi connectivity index (χ0) is 15.8. The number of aromatic nitrogens is 3. The highest BCUT2D eigenvalue weighted by Gasteiger charge is 2.37. The molecule has 2 N–H and O–H groups in total. The fraction of sp³-hybridized carbons (Fsp3) is 0.615. The summed E-state index contributed by atoms with van der Waals surface area (Å²) in [5.74, 6) is -0.928. The van der Waals surface area contributed by atoms with Crippen molar-refractivity contribution < 1.29 is 14.4 Å². The van der Waals surface area contributed by atoms with Gasteiger partial charge in [-0.3, -0.25) is 24.8 Å². The lowest BCUT2D eigenvalue weighted by atomic mass is 9.96. The van der Waals surface area contributed by atoms with E-state index in [1.807, 2.05) is 20.8 Å². The fourth-order valence-corrected chi connectivity index (χ4v) is 2.11. The van der Waals surface area contributed by atoms with Gasteiger partial charge in [0.25, 0.3) is 5.91 Å². The molecule has 0 bridgehead atoms. The van der Waals surface area contributed by atoms with Crippen molar-refractivity contribution >= 4 is 17.7 Å². The third-order valence-corrected chi connectivity index (χ3v) is 3.29. The molecule has 2 rings (SSSR count). The SMILES string of the molecule is CCC1C(=O)NC(=O)CN1C(=O)c1n[nH]c(C(C)(C)C)n1. The molecule has 3 amide bonds. The predicted octanol–water partition coefficient (Wildman–Crippen LogP) is -0.0206. The Labute approximate surface area is 122 Å². The lowest BCUT2D eigenvalue weighted by molar-refractivity contribution is -0.138. The van der Waals surface area contributed by atoms with E-state index in [9.17, 15) is 14.4 Å². The lowest BCUT2D eigenvalue weighted by Gasteiger charge is -2.32. The molecule has 1 aromatic rings. The van der Waals surface area contributed by atoms with E-state index in [0.29, 0.717) is 12.2 Å². The van der Waals surface area contributed by atoms with Crippen LogP contribution in [0, 0.1) is 0 Å². The summed E-state index contributed by atoms with van der Waals surface area (Å²) in [5, 5.41) is 8.86. The first kappa shape index (κ1) is 15.1. The molecule has 0 aromatic carbocycles. The summed E-state index contributed by atoms with van der Waals surface area (Å²) in [6.07, 6.45) is 0.418. The van der Waals surface area contributed by atoms with Crippen molar-refractivity contribution in [2.24, 2.45) is 0 Å². The Morgan fingerprint density at radius 1 is 1.38 bits per heavy atom. The Hall–Kier alpha value is -2.25. The molecule has 1 aromatic heterocycles. The number of nitrogens with zero attached hydrogens (tertiary/aromatic N) is 3. The number of piperazine rings is 1. The van der Waals surface area contributed by atoms with E-state index in [-0.39, 0.29) is 17.8 Å². The zero-order valence-corrected chi connectivity index (χ0v) is 12.6. The van der Waals surface area contributed by atoms with Gasteiger partial charge in [-0.25, -0.2) is 4.98 Å². The van der Waals surface area contributed by atoms with Gasteiger partial charge in [0.05, 0.1) is 0 Å². The number of carbonyl (C=O) groups excluding carboxylic acids is 3. The minimum absolute atomic E-state index is 0.0270. The molecule has 1 atom stereocenters. The first-order chi connectivity index (χ1) is 9.74. The monoisotopic (exact) mass is 293 g/mol. The summed E-state index contributed by atoms with van der Waals surface area (Å²) in [6.45, 7) is 7.43. The molecular weight excluding hydrogens is 274 g/mol. The van der Waals surface area contributed by atoms with E-state index in [1.54, 1.807) is 6.92 Å². The second-order valence-corrected chi connectivity index (χ2v) is 6.03. The van der Waals surface area contributed by atoms with Gasteiger partial charge in [-0.1, -0.05) is 27.7 Å². The first-order valence-electron chi connectivity index (χ1n) is 6.81. The quantitative estimate of drug-likeness (QED) is 0.745. The van der Waals surface area contributed by atoms with Gasteiger partial charge < -0.3 is 4.90 Å². The molecular formula is C13H19N5O3. The van der Waals surface area contributed by atoms with Gasteiger partial charge in [-0.2, -0.15) is 0 Å². The molecule has 0 aliphatic carbocycles. The number of amides is 3. The zero-order valence-electron chi connectivity index (χ0n) is 12.6. The number of imide groups is 1. The molecule has 21 heavy (non-hydrogen) atoms. The summed E-state index contributed by atoms with van der Waals surface area (Å²) in [6, 6.07) is -0.674. The largest absolute Gasteiger partial charge is 0.315 e. The topological polar surface area (TPSA) is 108 Å². The van der Waals surface area contributed by atoms with Crippen LogP contribution in [0.25, 0.3) is 0 Å². The number of nitrogens with one attached hydrogen (secondary N) is 2. The maximum absolute atomic E-state index is 12.4. The number of rotatable bonds is 2. The van der Waals surface area contributed by atoms with Crippen molar-refractivity contribution in [1.82, 2.24) is 25.4 Å². The Morgan fingerprint density at radius 2 is 2.05 bits per heavy atom. The molecule has 8 heteroatoms. The Morgan fingerprint density at radius 3 is 2.57 bits per heavy atom. The highest BCUT2D eigenvalue weighted by Crippen LogP contribution is 2.18. The number of aromatic amines is 1. The second kappa shape index (κ2) is 5.27. The minimum atomic E-state index is -0.674. The fourth-order valence-electron chi connectivity index (χ4n) is 2.11. The van der Waals surface area contributed by atoms with Crippen LogP contribution in [0.5, 0.6) is 0 Å². The van der Waals surface area contributed by atoms with Gasteiger partial charge >= 0.3 is 0 Å². The van der Waals surface area contributed by atoms with Crippen LogP contribution in [0.2, 0.25) is 0 Å². The summed E-state index contributed by atoms with van der Waals surface area (Å²) in [5.41, 5.74) is -0.273. The van der Waals surface area contributed by atoms with Gasteiger partial charge in [-0.15, -0.1) is 5.10 Å². The van der Waals surface area contributed by atoms with Crippen molar-refractivity contribution in [2.75, 3.05) is 6.54 Å². The number of hydrogen-bond acceptors (Lipinski definition) is 5. The Bertz CT molecular complexity index is 587. The van der Waals surface area contributed by atoms with Crippen LogP contribution < -0.4 is 5.32 Å². The van der Waals surface area contributed by atoms with Gasteiger partial charge in [-0.05, 0) is 6.42 Å². The molecule has 114 valence electrons. The molecule has 0 radical (unpaired) electrons. The molecule has 1 fully saturated rings. The molecule has 1 saturated heterocycles. The molecule has 8 nitrogen and oxygen atoms in total. The lowest BCUT2D eigenvalue weighted by Crippen LogP contribution is -2.59. The van der Waals surface area contributed by atoms with Crippen molar-refractivity contribution in [2.45, 2.75) is 45.6 Å². The summed E-state index contributed by atoms with van der Waals surface area (Å²) < 4.78 is 0. The molecule has 2 heterocycles. The van der Waals surface area contributed by atoms with Gasteiger partial charge in [0.1, 0.15) is 18.4 Å². The van der Waals surface area contributed by atoms with Gasteiger partial charge in [0.15, 0.2) is 0 Å². The van der Waals surface area contributed by atoms with Gasteiger partial charge in [0.2, 0.25) is 17.6 Å². The number of hydrogen-bond donors (Lipinski definition) is 2. The average molecular weight is 293 g/mol. The van der Waals surface area contributed by atoms with Crippen molar-refractivity contribution in [3.8, 4) is 0 Å². The highest BCUT2D eigenvalue weighted by molar-refractivity contribution is 6.06. The standard InChI is InChI=1S/C13H19N5O3/c1-5-7-10(20)14-8(19)6-18(7)11(21)9-15-12(17-16-9)13(2,3)4/h7H,5-6H2,1-4H3,(H,14,19,20)(H,15,16,17). The van der Waals surface area contributed by atoms with Crippen LogP contribution in [-0.2, 0) is 15.0 Å². The van der Waals surface area contributed by atoms with Crippen LogP contribution in [0.15, 0.2) is 0 Å². The molecule has 1 aliphatic heterocycles. The Balaban J connectivity index is 2.27. The molecule has 0 spiro atoms. The maximum Gasteiger partial charge on any atom is 0.294 e. The number of carbonyl (C=O) groups is 3. The van der Waals surface area contributed by atoms with E-state index in [1.165, 1.54) is 4.90 Å². The second-order valence-electron chi connectivity index (χ2n) is 6.03. The molecule has 1 aliphatic rings. The normalized spacial score (nSPS) is 19.6. The van der Waals surface area contributed by atoms with Crippen LogP contribution >= 0.6 is 0 Å². The van der Waals surface area contributed by atoms with Crippen LogP contribution in [-0.4, -0.2) is 50.4 Å². The van der Waals surface area contributed by atoms with Crippen molar-refractivity contribution in [1.29, 1.82) is 0 Å². The van der Waals surface area contributed by atoms with Crippen molar-refractivity contribution in [3.05, 3.63) is 11.6 Å². The Kier molecular flexibility index (Phi) is 3.80. The van der Waals surface area contributed by atoms with E-state index in [0.717, 1.165) is 0 Å². The van der Waals surface area contributed by atoms with E-state index < -0.39 is 23.8 Å². The van der Waals surface area contributed by atoms with Crippen LogP contribution in [0.1, 0.15) is 50.6 Å². The minimum Gasteiger partial charge on any atom is -0.315 e. The average Bonchev–Trinajstić information content (AvgIpc) is 2.86. The van der Waals surface area contributed by atoms with E-state index >= 15 is 0 Å². The number of H-pyrrole nitrogens is 1. The third kappa shape index (κ3) is 2.93. The third-order valence-electron chi connectivity index (χ3n) is 3.29. The van der Waals surface area contributed by atoms with Gasteiger partial charge in [0, 0.05) is 5.41 Å². The molecule has 1 unspecified atom stereocenters. The predicted molar refractivity (Wildman–Crippen MR) is 73.3 cm³/mol. The summed E-state index contributed by atoms with van der Waals surface area (Å²) >= 11 is 0. The summed E-state index contributed by atoms with van der Waals surface area (Å²) in [4.78, 5) is 41.1. The van der Waals surface area contributed by atoms with E-state index in [2.05, 4.69) is 20.5 Å². The van der Waals surface area contributed by atoms with Crippen LogP contribution in [0.3, 0.4) is 0 Å². The van der Waals surface area contributed by atoms with Crippen LogP contribution in [0.4, 0.5) is 0 Å². The highest BCUT2D eigenvalue weighted by atomic mass is 16.2. The summed E-state index contributed by atoms with van der Waals surface area (Å²) in [7, 11) is 0. The smallest absolute Gasteiger partial charge is 0.294 e. The first-order valence-corrected chi connectivity index (χ1v) is 6.81. The molecule has 0 saturated carbocycles. The van der Waals surface area contributed by atoms with Crippen molar-refractivity contribution in [3.63, 3.8) is 0 Å². The maximum atomic E-state index is 12.4. The van der Waals surface area contributed by atoms with E-state index in [4.69, 9.17) is 0 Å².